The zero-order chi connectivity index (χ0) is 22.6. The Bertz CT molecular complexity index is 1270. The van der Waals surface area contributed by atoms with Gasteiger partial charge < -0.3 is 9.88 Å². The van der Waals surface area contributed by atoms with Crippen LogP contribution in [0.1, 0.15) is 44.2 Å². The fourth-order valence-corrected chi connectivity index (χ4v) is 4.98. The molecule has 2 amide bonds. The zero-order valence-corrected chi connectivity index (χ0v) is 19.2. The standard InChI is InChI=1S/C26H26ClN3O2/c1-15(2)11-12-29-13-19-23(17-7-9-18(27)10-8-17)25-21(14-30(16(3)31)26(25)32)28-20-5-4-6-22(29)24(19)20/h4-10,13,15,23,28H,11-12,14H2,1-3H3/t23-/m0/s1. The molecule has 5 rings (SSSR count). The molecule has 2 aliphatic rings. The van der Waals surface area contributed by atoms with E-state index in [1.807, 2.05) is 36.4 Å². The molecule has 3 heterocycles. The second-order valence-corrected chi connectivity index (χ2v) is 9.51. The van der Waals surface area contributed by atoms with Gasteiger partial charge in [-0.2, -0.15) is 0 Å². The first kappa shape index (κ1) is 20.8. The lowest BCUT2D eigenvalue weighted by molar-refractivity contribution is -0.139. The number of imide groups is 1. The van der Waals surface area contributed by atoms with E-state index >= 15 is 0 Å². The van der Waals surface area contributed by atoms with Crippen LogP contribution in [0, 0.1) is 5.92 Å². The molecule has 6 heteroatoms. The normalized spacial score (nSPS) is 17.7. The van der Waals surface area contributed by atoms with Gasteiger partial charge in [0, 0.05) is 47.4 Å². The van der Waals surface area contributed by atoms with E-state index in [2.05, 4.69) is 36.0 Å². The van der Waals surface area contributed by atoms with Crippen molar-refractivity contribution in [2.24, 2.45) is 5.92 Å². The molecule has 164 valence electrons. The topological polar surface area (TPSA) is 54.3 Å². The highest BCUT2D eigenvalue weighted by atomic mass is 35.5. The van der Waals surface area contributed by atoms with E-state index < -0.39 is 0 Å². The summed E-state index contributed by atoms with van der Waals surface area (Å²) >= 11 is 6.18. The van der Waals surface area contributed by atoms with E-state index in [1.54, 1.807) is 0 Å². The molecule has 32 heavy (non-hydrogen) atoms. The monoisotopic (exact) mass is 447 g/mol. The Labute approximate surface area is 192 Å². The van der Waals surface area contributed by atoms with Crippen molar-refractivity contribution in [3.63, 3.8) is 0 Å². The first-order chi connectivity index (χ1) is 15.3. The van der Waals surface area contributed by atoms with Crippen molar-refractivity contribution in [1.82, 2.24) is 9.47 Å². The molecule has 0 spiro atoms. The van der Waals surface area contributed by atoms with Crippen LogP contribution < -0.4 is 5.32 Å². The van der Waals surface area contributed by atoms with Crippen LogP contribution in [0.3, 0.4) is 0 Å². The van der Waals surface area contributed by atoms with Gasteiger partial charge in [0.15, 0.2) is 0 Å². The fourth-order valence-electron chi connectivity index (χ4n) is 4.86. The number of carbonyl (C=O) groups is 2. The highest BCUT2D eigenvalue weighted by Crippen LogP contribution is 2.46. The number of benzene rings is 2. The van der Waals surface area contributed by atoms with Crippen LogP contribution in [-0.4, -0.2) is 27.8 Å². The van der Waals surface area contributed by atoms with Gasteiger partial charge in [-0.25, -0.2) is 0 Å². The van der Waals surface area contributed by atoms with E-state index in [-0.39, 0.29) is 24.3 Å². The predicted molar refractivity (Wildman–Crippen MR) is 128 cm³/mol. The maximum absolute atomic E-state index is 13.5. The van der Waals surface area contributed by atoms with E-state index in [4.69, 9.17) is 11.6 Å². The van der Waals surface area contributed by atoms with Crippen LogP contribution >= 0.6 is 11.6 Å². The lowest BCUT2D eigenvalue weighted by atomic mass is 9.84. The SMILES string of the molecule is CC(=O)N1CC2=C(C1=O)[C@@H](c1ccc(Cl)cc1)c1cn(CCC(C)C)c3cccc(c13)N2. The number of halogens is 1. The van der Waals surface area contributed by atoms with Crippen LogP contribution in [0.2, 0.25) is 5.02 Å². The lowest BCUT2D eigenvalue weighted by Gasteiger charge is -2.19. The van der Waals surface area contributed by atoms with Gasteiger partial charge >= 0.3 is 0 Å². The van der Waals surface area contributed by atoms with E-state index in [0.29, 0.717) is 16.5 Å². The number of aryl methyl sites for hydroxylation is 1. The number of anilines is 1. The number of nitrogens with zero attached hydrogens (tertiary/aromatic N) is 2. The molecule has 1 N–H and O–H groups in total. The summed E-state index contributed by atoms with van der Waals surface area (Å²) in [6, 6.07) is 13.9. The molecule has 0 unspecified atom stereocenters. The molecule has 3 aromatic rings. The fraction of sp³-hybridized carbons (Fsp3) is 0.308. The lowest BCUT2D eigenvalue weighted by Crippen LogP contribution is -2.33. The Morgan fingerprint density at radius 2 is 1.94 bits per heavy atom. The summed E-state index contributed by atoms with van der Waals surface area (Å²) in [5.74, 6) is -0.159. The molecule has 0 radical (unpaired) electrons. The number of hydrogen-bond donors (Lipinski definition) is 1. The number of hydrogen-bond acceptors (Lipinski definition) is 3. The largest absolute Gasteiger partial charge is 0.356 e. The number of rotatable bonds is 4. The minimum atomic E-state index is -0.280. The Morgan fingerprint density at radius 1 is 1.19 bits per heavy atom. The van der Waals surface area contributed by atoms with Gasteiger partial charge in [-0.3, -0.25) is 14.5 Å². The minimum Gasteiger partial charge on any atom is -0.356 e. The Hall–Kier alpha value is -3.05. The van der Waals surface area contributed by atoms with E-state index in [9.17, 15) is 9.59 Å². The van der Waals surface area contributed by atoms with Gasteiger partial charge in [0.05, 0.1) is 17.6 Å². The van der Waals surface area contributed by atoms with Crippen molar-refractivity contribution in [2.75, 3.05) is 11.9 Å². The maximum atomic E-state index is 13.5. The van der Waals surface area contributed by atoms with Crippen LogP contribution in [-0.2, 0) is 16.1 Å². The second kappa shape index (κ2) is 7.82. The number of amides is 2. The highest BCUT2D eigenvalue weighted by Gasteiger charge is 2.41. The molecule has 0 saturated heterocycles. The average molecular weight is 448 g/mol. The third-order valence-corrected chi connectivity index (χ3v) is 6.72. The molecule has 2 aliphatic heterocycles. The Morgan fingerprint density at radius 3 is 2.62 bits per heavy atom. The number of nitrogens with one attached hydrogen (secondary N) is 1. The third kappa shape index (κ3) is 3.32. The van der Waals surface area contributed by atoms with Crippen LogP contribution in [0.25, 0.3) is 10.9 Å². The van der Waals surface area contributed by atoms with Crippen molar-refractivity contribution in [3.8, 4) is 0 Å². The maximum Gasteiger partial charge on any atom is 0.259 e. The van der Waals surface area contributed by atoms with Gasteiger partial charge in [-0.1, -0.05) is 43.6 Å². The predicted octanol–water partition coefficient (Wildman–Crippen LogP) is 5.54. The van der Waals surface area contributed by atoms with Crippen LogP contribution in [0.5, 0.6) is 0 Å². The van der Waals surface area contributed by atoms with Crippen LogP contribution in [0.4, 0.5) is 5.69 Å². The second-order valence-electron chi connectivity index (χ2n) is 9.07. The average Bonchev–Trinajstić information content (AvgIpc) is 3.23. The summed E-state index contributed by atoms with van der Waals surface area (Å²) in [4.78, 5) is 27.0. The molecule has 2 aromatic carbocycles. The van der Waals surface area contributed by atoms with Gasteiger partial charge in [-0.05, 0) is 47.7 Å². The van der Waals surface area contributed by atoms with Gasteiger partial charge in [0.2, 0.25) is 5.91 Å². The Kier molecular flexibility index (Phi) is 5.09. The van der Waals surface area contributed by atoms with Crippen LogP contribution in [0.15, 0.2) is 59.9 Å². The summed E-state index contributed by atoms with van der Waals surface area (Å²) in [6.07, 6.45) is 3.26. The van der Waals surface area contributed by atoms with Crippen molar-refractivity contribution in [3.05, 3.63) is 76.1 Å². The molecule has 1 aromatic heterocycles. The van der Waals surface area contributed by atoms with E-state index in [0.717, 1.165) is 46.4 Å². The Balaban J connectivity index is 1.75. The van der Waals surface area contributed by atoms with Gasteiger partial charge in [0.25, 0.3) is 5.91 Å². The summed E-state index contributed by atoms with van der Waals surface area (Å²) in [6.45, 7) is 7.07. The smallest absolute Gasteiger partial charge is 0.259 e. The molecule has 5 nitrogen and oxygen atoms in total. The number of aromatic nitrogens is 1. The summed E-state index contributed by atoms with van der Waals surface area (Å²) < 4.78 is 2.30. The summed E-state index contributed by atoms with van der Waals surface area (Å²) in [5.41, 5.74) is 5.63. The summed E-state index contributed by atoms with van der Waals surface area (Å²) in [5, 5.41) is 5.30. The van der Waals surface area contributed by atoms with Crippen molar-refractivity contribution >= 4 is 40.0 Å². The minimum absolute atomic E-state index is 0.226. The van der Waals surface area contributed by atoms with Crippen molar-refractivity contribution in [1.29, 1.82) is 0 Å². The first-order valence-electron chi connectivity index (χ1n) is 11.0. The van der Waals surface area contributed by atoms with Gasteiger partial charge in [-0.15, -0.1) is 0 Å². The third-order valence-electron chi connectivity index (χ3n) is 6.47. The molecular formula is C26H26ClN3O2. The molecular weight excluding hydrogens is 422 g/mol. The highest BCUT2D eigenvalue weighted by molar-refractivity contribution is 6.30. The molecule has 0 aliphatic carbocycles. The number of carbonyl (C=O) groups excluding carboxylic acids is 2. The van der Waals surface area contributed by atoms with Gasteiger partial charge in [0.1, 0.15) is 0 Å². The summed E-state index contributed by atoms with van der Waals surface area (Å²) in [7, 11) is 0. The molecule has 1 atom stereocenters. The molecule has 0 fully saturated rings. The first-order valence-corrected chi connectivity index (χ1v) is 11.4. The molecule has 0 bridgehead atoms. The quantitative estimate of drug-likeness (QED) is 0.571. The van der Waals surface area contributed by atoms with Crippen molar-refractivity contribution in [2.45, 2.75) is 39.7 Å². The van der Waals surface area contributed by atoms with Crippen molar-refractivity contribution < 1.29 is 9.59 Å². The van der Waals surface area contributed by atoms with E-state index in [1.165, 1.54) is 11.8 Å². The molecule has 0 saturated carbocycles. The zero-order valence-electron chi connectivity index (χ0n) is 18.5.